The van der Waals surface area contributed by atoms with Crippen LogP contribution in [-0.2, 0) is 11.2 Å². The Kier molecular flexibility index (Phi) is 2.65. The van der Waals surface area contributed by atoms with Crippen LogP contribution in [0.3, 0.4) is 0 Å². The number of ether oxygens (including phenoxy) is 1. The molecule has 11 heavy (non-hydrogen) atoms. The lowest BCUT2D eigenvalue weighted by atomic mass is 10.2. The summed E-state index contributed by atoms with van der Waals surface area (Å²) in [5, 5.41) is 1.91. The highest BCUT2D eigenvalue weighted by molar-refractivity contribution is 7.10. The molecule has 0 amide bonds. The van der Waals surface area contributed by atoms with Crippen molar-refractivity contribution >= 4 is 17.3 Å². The van der Waals surface area contributed by atoms with Crippen molar-refractivity contribution in [3.05, 3.63) is 21.9 Å². The summed E-state index contributed by atoms with van der Waals surface area (Å²) in [6, 6.07) is 1.80. The number of methoxy groups -OCH3 is 1. The molecule has 0 spiro atoms. The van der Waals surface area contributed by atoms with Gasteiger partial charge in [-0.3, -0.25) is 0 Å². The molecule has 1 rings (SSSR count). The molecule has 0 unspecified atom stereocenters. The molecule has 0 aliphatic carbocycles. The Labute approximate surface area is 69.8 Å². The van der Waals surface area contributed by atoms with Gasteiger partial charge in [-0.05, 0) is 17.9 Å². The number of aryl methyl sites for hydroxylation is 1. The molecule has 0 saturated heterocycles. The monoisotopic (exact) mass is 170 g/mol. The zero-order valence-electron chi connectivity index (χ0n) is 6.59. The lowest BCUT2D eigenvalue weighted by Gasteiger charge is -1.97. The quantitative estimate of drug-likeness (QED) is 0.635. The Morgan fingerprint density at radius 3 is 3.00 bits per heavy atom. The van der Waals surface area contributed by atoms with Crippen LogP contribution in [0.25, 0.3) is 0 Å². The fourth-order valence-electron chi connectivity index (χ4n) is 0.906. The number of thiophene rings is 1. The Hall–Kier alpha value is -0.830. The van der Waals surface area contributed by atoms with E-state index < -0.39 is 0 Å². The topological polar surface area (TPSA) is 26.3 Å². The van der Waals surface area contributed by atoms with Gasteiger partial charge in [0, 0.05) is 4.88 Å². The van der Waals surface area contributed by atoms with Crippen molar-refractivity contribution in [1.29, 1.82) is 0 Å². The van der Waals surface area contributed by atoms with Gasteiger partial charge in [-0.25, -0.2) is 4.79 Å². The lowest BCUT2D eigenvalue weighted by molar-refractivity contribution is 0.0600. The second-order valence-electron chi connectivity index (χ2n) is 2.10. The van der Waals surface area contributed by atoms with Crippen molar-refractivity contribution < 1.29 is 9.53 Å². The van der Waals surface area contributed by atoms with Crippen LogP contribution in [-0.4, -0.2) is 13.1 Å². The molecule has 2 nitrogen and oxygen atoms in total. The van der Waals surface area contributed by atoms with Gasteiger partial charge in [-0.2, -0.15) is 0 Å². The minimum absolute atomic E-state index is 0.233. The van der Waals surface area contributed by atoms with Gasteiger partial charge < -0.3 is 4.74 Å². The smallest absolute Gasteiger partial charge is 0.338 e. The van der Waals surface area contributed by atoms with E-state index in [1.54, 1.807) is 17.4 Å². The van der Waals surface area contributed by atoms with Gasteiger partial charge >= 0.3 is 5.97 Å². The SMILES string of the molecule is CCc1sccc1C(=O)OC. The second-order valence-corrected chi connectivity index (χ2v) is 3.10. The first-order chi connectivity index (χ1) is 5.29. The molecule has 0 N–H and O–H groups in total. The van der Waals surface area contributed by atoms with Crippen LogP contribution in [0.15, 0.2) is 11.4 Å². The highest BCUT2D eigenvalue weighted by atomic mass is 32.1. The fourth-order valence-corrected chi connectivity index (χ4v) is 1.72. The Balaban J connectivity index is 2.92. The van der Waals surface area contributed by atoms with Crippen molar-refractivity contribution in [1.82, 2.24) is 0 Å². The van der Waals surface area contributed by atoms with Crippen LogP contribution in [0, 0.1) is 0 Å². The van der Waals surface area contributed by atoms with E-state index in [0.29, 0.717) is 5.56 Å². The van der Waals surface area contributed by atoms with Crippen LogP contribution in [0.5, 0.6) is 0 Å². The summed E-state index contributed by atoms with van der Waals surface area (Å²) in [5.41, 5.74) is 0.708. The predicted octanol–water partition coefficient (Wildman–Crippen LogP) is 2.10. The number of esters is 1. The predicted molar refractivity (Wildman–Crippen MR) is 45.0 cm³/mol. The molecule has 0 aromatic carbocycles. The first-order valence-electron chi connectivity index (χ1n) is 3.44. The highest BCUT2D eigenvalue weighted by Gasteiger charge is 2.10. The molecule has 0 bridgehead atoms. The van der Waals surface area contributed by atoms with Gasteiger partial charge in [0.2, 0.25) is 0 Å². The summed E-state index contributed by atoms with van der Waals surface area (Å²) < 4.78 is 4.60. The molecule has 0 saturated carbocycles. The van der Waals surface area contributed by atoms with Crippen LogP contribution < -0.4 is 0 Å². The molecule has 0 radical (unpaired) electrons. The van der Waals surface area contributed by atoms with Gasteiger partial charge in [0.1, 0.15) is 0 Å². The maximum absolute atomic E-state index is 11.0. The number of hydrogen-bond acceptors (Lipinski definition) is 3. The van der Waals surface area contributed by atoms with Crippen molar-refractivity contribution in [3.8, 4) is 0 Å². The number of hydrogen-bond donors (Lipinski definition) is 0. The molecule has 0 atom stereocenters. The van der Waals surface area contributed by atoms with Crippen molar-refractivity contribution in [2.75, 3.05) is 7.11 Å². The van der Waals surface area contributed by atoms with E-state index in [4.69, 9.17) is 0 Å². The standard InChI is InChI=1S/C8H10O2S/c1-3-7-6(4-5-11-7)8(9)10-2/h4-5H,3H2,1-2H3. The van der Waals surface area contributed by atoms with Gasteiger partial charge in [0.05, 0.1) is 12.7 Å². The van der Waals surface area contributed by atoms with E-state index in [9.17, 15) is 4.79 Å². The summed E-state index contributed by atoms with van der Waals surface area (Å²) in [7, 11) is 1.40. The lowest BCUT2D eigenvalue weighted by Crippen LogP contribution is -2.01. The van der Waals surface area contributed by atoms with Gasteiger partial charge in [-0.15, -0.1) is 11.3 Å². The largest absolute Gasteiger partial charge is 0.465 e. The van der Waals surface area contributed by atoms with Gasteiger partial charge in [-0.1, -0.05) is 6.92 Å². The zero-order valence-corrected chi connectivity index (χ0v) is 7.40. The first kappa shape index (κ1) is 8.27. The number of carbonyl (C=O) groups excluding carboxylic acids is 1. The Morgan fingerprint density at radius 2 is 2.45 bits per heavy atom. The van der Waals surface area contributed by atoms with Gasteiger partial charge in [0.15, 0.2) is 0 Å². The van der Waals surface area contributed by atoms with E-state index in [-0.39, 0.29) is 5.97 Å². The molecule has 0 aliphatic heterocycles. The third kappa shape index (κ3) is 1.60. The van der Waals surface area contributed by atoms with Crippen LogP contribution in [0.2, 0.25) is 0 Å². The van der Waals surface area contributed by atoms with Crippen LogP contribution in [0.4, 0.5) is 0 Å². The summed E-state index contributed by atoms with van der Waals surface area (Å²) in [4.78, 5) is 12.1. The summed E-state index contributed by atoms with van der Waals surface area (Å²) in [6.45, 7) is 2.03. The molecule has 0 aliphatic rings. The number of rotatable bonds is 2. The number of carbonyl (C=O) groups is 1. The van der Waals surface area contributed by atoms with Crippen LogP contribution in [0.1, 0.15) is 22.2 Å². The van der Waals surface area contributed by atoms with E-state index in [2.05, 4.69) is 4.74 Å². The minimum atomic E-state index is -0.233. The third-order valence-electron chi connectivity index (χ3n) is 1.47. The normalized spacial score (nSPS) is 9.64. The Morgan fingerprint density at radius 1 is 1.73 bits per heavy atom. The minimum Gasteiger partial charge on any atom is -0.465 e. The third-order valence-corrected chi connectivity index (χ3v) is 2.54. The molecular weight excluding hydrogens is 160 g/mol. The van der Waals surface area contributed by atoms with Crippen molar-refractivity contribution in [3.63, 3.8) is 0 Å². The molecule has 0 fully saturated rings. The van der Waals surface area contributed by atoms with Crippen molar-refractivity contribution in [2.24, 2.45) is 0 Å². The average Bonchev–Trinajstić information content (AvgIpc) is 2.50. The van der Waals surface area contributed by atoms with E-state index in [1.165, 1.54) is 7.11 Å². The summed E-state index contributed by atoms with van der Waals surface area (Å²) in [5.74, 6) is -0.233. The summed E-state index contributed by atoms with van der Waals surface area (Å²) in [6.07, 6.45) is 0.891. The zero-order chi connectivity index (χ0) is 8.27. The summed E-state index contributed by atoms with van der Waals surface area (Å²) >= 11 is 1.59. The van der Waals surface area contributed by atoms with E-state index >= 15 is 0 Å². The molecule has 1 aromatic rings. The average molecular weight is 170 g/mol. The molecular formula is C8H10O2S. The molecule has 1 aromatic heterocycles. The molecule has 3 heteroatoms. The second kappa shape index (κ2) is 3.53. The maximum atomic E-state index is 11.0. The van der Waals surface area contributed by atoms with E-state index in [1.807, 2.05) is 12.3 Å². The first-order valence-corrected chi connectivity index (χ1v) is 4.32. The van der Waals surface area contributed by atoms with Crippen LogP contribution >= 0.6 is 11.3 Å². The Bertz CT molecular complexity index is 252. The molecule has 1 heterocycles. The molecule has 60 valence electrons. The van der Waals surface area contributed by atoms with E-state index in [0.717, 1.165) is 11.3 Å². The van der Waals surface area contributed by atoms with Gasteiger partial charge in [0.25, 0.3) is 0 Å². The highest BCUT2D eigenvalue weighted by Crippen LogP contribution is 2.17. The fraction of sp³-hybridized carbons (Fsp3) is 0.375. The maximum Gasteiger partial charge on any atom is 0.338 e. The van der Waals surface area contributed by atoms with Crippen molar-refractivity contribution in [2.45, 2.75) is 13.3 Å².